The van der Waals surface area contributed by atoms with Gasteiger partial charge < -0.3 is 4.57 Å². The molecule has 0 bridgehead atoms. The van der Waals surface area contributed by atoms with Crippen LogP contribution in [0.3, 0.4) is 0 Å². The number of aryl methyl sites for hydroxylation is 1. The van der Waals surface area contributed by atoms with Crippen molar-refractivity contribution < 1.29 is 4.79 Å². The largest absolute Gasteiger partial charge is 0.349 e. The van der Waals surface area contributed by atoms with Gasteiger partial charge in [-0.3, -0.25) is 0 Å². The van der Waals surface area contributed by atoms with E-state index in [9.17, 15) is 4.79 Å². The van der Waals surface area contributed by atoms with Gasteiger partial charge in [-0.2, -0.15) is 0 Å². The van der Waals surface area contributed by atoms with E-state index in [0.29, 0.717) is 6.54 Å². The molecule has 0 aliphatic heterocycles. The third-order valence-corrected chi connectivity index (χ3v) is 2.96. The van der Waals surface area contributed by atoms with Crippen molar-refractivity contribution in [2.45, 2.75) is 6.54 Å². The van der Waals surface area contributed by atoms with Gasteiger partial charge in [-0.15, -0.1) is 0 Å². The fourth-order valence-electron chi connectivity index (χ4n) is 1.61. The highest BCUT2D eigenvalue weighted by atomic mass is 79.9. The zero-order chi connectivity index (χ0) is 10.8. The van der Waals surface area contributed by atoms with E-state index >= 15 is 0 Å². The lowest BCUT2D eigenvalue weighted by Crippen LogP contribution is -1.85. The van der Waals surface area contributed by atoms with E-state index in [4.69, 9.17) is 0 Å². The van der Waals surface area contributed by atoms with E-state index in [1.807, 2.05) is 36.0 Å². The summed E-state index contributed by atoms with van der Waals surface area (Å²) in [5, 5.41) is 1.14. The molecule has 0 saturated carbocycles. The first-order valence-corrected chi connectivity index (χ1v) is 5.29. The number of carbonyl (C=O) groups excluding carboxylic acids is 1. The second-order valence-corrected chi connectivity index (χ2v) is 4.20. The predicted molar refractivity (Wildman–Crippen MR) is 62.4 cm³/mol. The summed E-state index contributed by atoms with van der Waals surface area (Å²) in [4.78, 5) is 13.6. The fraction of sp³-hybridized carbons (Fsp3) is 0.182. The normalized spacial score (nSPS) is 10.3. The molecule has 0 fully saturated rings. The Hall–Kier alpha value is -1.38. The molecule has 0 N–H and O–H groups in total. The van der Waals surface area contributed by atoms with Crippen LogP contribution in [-0.4, -0.2) is 10.6 Å². The van der Waals surface area contributed by atoms with Gasteiger partial charge in [-0.05, 0) is 33.6 Å². The Kier molecular flexibility index (Phi) is 2.71. The average Bonchev–Trinajstić information content (AvgIpc) is 2.52. The number of hydrogen-bond donors (Lipinski definition) is 0. The highest BCUT2D eigenvalue weighted by Crippen LogP contribution is 2.26. The number of aromatic nitrogens is 1. The minimum Gasteiger partial charge on any atom is -0.349 e. The Morgan fingerprint density at radius 1 is 1.53 bits per heavy atom. The number of rotatable bonds is 2. The van der Waals surface area contributed by atoms with E-state index in [-0.39, 0.29) is 0 Å². The van der Waals surface area contributed by atoms with Crippen LogP contribution in [0.4, 0.5) is 0 Å². The molecule has 2 aromatic rings. The molecule has 0 radical (unpaired) electrons. The van der Waals surface area contributed by atoms with Crippen molar-refractivity contribution in [3.8, 4) is 0 Å². The smallest absolute Gasteiger partial charge is 0.235 e. The van der Waals surface area contributed by atoms with E-state index in [1.54, 1.807) is 6.08 Å². The molecule has 1 heterocycles. The van der Waals surface area contributed by atoms with Gasteiger partial charge in [0.15, 0.2) is 0 Å². The molecule has 0 atom stereocenters. The van der Waals surface area contributed by atoms with Gasteiger partial charge in [0.1, 0.15) is 0 Å². The average molecular weight is 265 g/mol. The first-order chi connectivity index (χ1) is 7.22. The summed E-state index contributed by atoms with van der Waals surface area (Å²) < 4.78 is 3.10. The summed E-state index contributed by atoms with van der Waals surface area (Å²) in [6, 6.07) is 6.02. The molecule has 0 aliphatic carbocycles. The predicted octanol–water partition coefficient (Wildman–Crippen LogP) is 2.78. The minimum atomic E-state index is 0.390. The number of nitrogens with zero attached hydrogens (tertiary/aromatic N) is 2. The van der Waals surface area contributed by atoms with Crippen LogP contribution in [-0.2, 0) is 18.4 Å². The maximum Gasteiger partial charge on any atom is 0.235 e. The van der Waals surface area contributed by atoms with Crippen LogP contribution in [0.2, 0.25) is 0 Å². The Labute approximate surface area is 95.6 Å². The molecule has 0 spiro atoms. The Bertz CT molecular complexity index is 553. The van der Waals surface area contributed by atoms with Crippen LogP contribution in [0, 0.1) is 0 Å². The molecule has 4 heteroatoms. The third kappa shape index (κ3) is 1.87. The van der Waals surface area contributed by atoms with Crippen LogP contribution < -0.4 is 0 Å². The van der Waals surface area contributed by atoms with Gasteiger partial charge >= 0.3 is 0 Å². The van der Waals surface area contributed by atoms with E-state index in [0.717, 1.165) is 20.9 Å². The zero-order valence-electron chi connectivity index (χ0n) is 8.20. The number of hydrogen-bond acceptors (Lipinski definition) is 2. The van der Waals surface area contributed by atoms with E-state index in [1.165, 1.54) is 0 Å². The molecule has 2 rings (SSSR count). The van der Waals surface area contributed by atoms with Crippen molar-refractivity contribution in [3.05, 3.63) is 34.4 Å². The maximum absolute atomic E-state index is 10.0. The number of halogens is 1. The minimum absolute atomic E-state index is 0.390. The second-order valence-electron chi connectivity index (χ2n) is 3.35. The summed E-state index contributed by atoms with van der Waals surface area (Å²) in [5.74, 6) is 0. The monoisotopic (exact) mass is 264 g/mol. The molecule has 1 aromatic carbocycles. The molecule has 76 valence electrons. The second kappa shape index (κ2) is 4.01. The molecule has 0 amide bonds. The van der Waals surface area contributed by atoms with Crippen molar-refractivity contribution in [2.24, 2.45) is 12.0 Å². The lowest BCUT2D eigenvalue weighted by atomic mass is 10.1. The van der Waals surface area contributed by atoms with Crippen molar-refractivity contribution >= 4 is 32.9 Å². The Balaban J connectivity index is 2.54. The Morgan fingerprint density at radius 3 is 3.07 bits per heavy atom. The van der Waals surface area contributed by atoms with Crippen LogP contribution in [0.25, 0.3) is 10.9 Å². The fourth-order valence-corrected chi connectivity index (χ4v) is 2.24. The van der Waals surface area contributed by atoms with Crippen LogP contribution in [0.5, 0.6) is 0 Å². The number of benzene rings is 1. The van der Waals surface area contributed by atoms with Gasteiger partial charge in [-0.25, -0.2) is 9.79 Å². The first kappa shape index (κ1) is 10.1. The maximum atomic E-state index is 10.0. The van der Waals surface area contributed by atoms with Gasteiger partial charge in [-0.1, -0.05) is 6.07 Å². The van der Waals surface area contributed by atoms with Crippen molar-refractivity contribution in [1.82, 2.24) is 4.57 Å². The summed E-state index contributed by atoms with van der Waals surface area (Å²) in [5.41, 5.74) is 2.17. The van der Waals surface area contributed by atoms with Crippen LogP contribution in [0.15, 0.2) is 33.9 Å². The quantitative estimate of drug-likeness (QED) is 0.607. The van der Waals surface area contributed by atoms with Crippen molar-refractivity contribution in [3.63, 3.8) is 0 Å². The summed E-state index contributed by atoms with van der Waals surface area (Å²) in [7, 11) is 2.00. The Morgan fingerprint density at radius 2 is 2.33 bits per heavy atom. The summed E-state index contributed by atoms with van der Waals surface area (Å²) >= 11 is 3.49. The molecule has 0 unspecified atom stereocenters. The van der Waals surface area contributed by atoms with Crippen molar-refractivity contribution in [2.75, 3.05) is 0 Å². The SMILES string of the molecule is Cn1cc(Br)c2cc(CN=C=O)ccc21. The molecule has 15 heavy (non-hydrogen) atoms. The molecule has 3 nitrogen and oxygen atoms in total. The van der Waals surface area contributed by atoms with E-state index < -0.39 is 0 Å². The highest BCUT2D eigenvalue weighted by molar-refractivity contribution is 9.10. The van der Waals surface area contributed by atoms with Gasteiger partial charge in [0.05, 0.1) is 6.54 Å². The molecule has 0 saturated heterocycles. The molecular formula is C11H9BrN2O. The lowest BCUT2D eigenvalue weighted by molar-refractivity contribution is 0.563. The van der Waals surface area contributed by atoms with E-state index in [2.05, 4.69) is 20.9 Å². The van der Waals surface area contributed by atoms with Gasteiger partial charge in [0, 0.05) is 28.6 Å². The third-order valence-electron chi connectivity index (χ3n) is 2.33. The van der Waals surface area contributed by atoms with Crippen LogP contribution >= 0.6 is 15.9 Å². The highest BCUT2D eigenvalue weighted by Gasteiger charge is 2.04. The first-order valence-electron chi connectivity index (χ1n) is 4.49. The molecule has 0 aliphatic rings. The number of isocyanates is 1. The number of fused-ring (bicyclic) bond motifs is 1. The standard InChI is InChI=1S/C11H9BrN2O/c1-14-6-10(12)9-4-8(5-13-7-15)2-3-11(9)14/h2-4,6H,5H2,1H3. The molecular weight excluding hydrogens is 256 g/mol. The van der Waals surface area contributed by atoms with Crippen LogP contribution in [0.1, 0.15) is 5.56 Å². The topological polar surface area (TPSA) is 34.4 Å². The zero-order valence-corrected chi connectivity index (χ0v) is 9.78. The number of aliphatic imine (C=N–C) groups is 1. The lowest BCUT2D eigenvalue weighted by Gasteiger charge is -1.98. The summed E-state index contributed by atoms with van der Waals surface area (Å²) in [6.07, 6.45) is 3.55. The molecule has 1 aromatic heterocycles. The van der Waals surface area contributed by atoms with Gasteiger partial charge in [0.2, 0.25) is 6.08 Å². The summed E-state index contributed by atoms with van der Waals surface area (Å²) in [6.45, 7) is 0.390. The van der Waals surface area contributed by atoms with Crippen molar-refractivity contribution in [1.29, 1.82) is 0 Å². The van der Waals surface area contributed by atoms with Gasteiger partial charge in [0.25, 0.3) is 0 Å².